The Kier molecular flexibility index (Phi) is 3.01. The molecule has 2 nitrogen and oxygen atoms in total. The molecule has 1 aromatic heterocycles. The fourth-order valence-corrected chi connectivity index (χ4v) is 0.192. The summed E-state index contributed by atoms with van der Waals surface area (Å²) in [4.78, 5) is 0. The summed E-state index contributed by atoms with van der Waals surface area (Å²) < 4.78 is 0. The van der Waals surface area contributed by atoms with Crippen molar-refractivity contribution in [2.75, 3.05) is 0 Å². The van der Waals surface area contributed by atoms with Gasteiger partial charge in [-0.25, -0.2) is 0 Å². The van der Waals surface area contributed by atoms with Crippen LogP contribution in [0.2, 0.25) is 0 Å². The van der Waals surface area contributed by atoms with E-state index in [4.69, 9.17) is 0 Å². The molecule has 0 saturated carbocycles. The molecule has 0 unspecified atom stereocenters. The Morgan fingerprint density at radius 1 is 1.50 bits per heavy atom. The fraction of sp³-hybridized carbons (Fsp3) is 0. The molecule has 0 bridgehead atoms. The van der Waals surface area contributed by atoms with Gasteiger partial charge < -0.3 is 10.2 Å². The molecule has 0 amide bonds. The van der Waals surface area contributed by atoms with Crippen molar-refractivity contribution in [3.8, 4) is 0 Å². The fourth-order valence-electron chi connectivity index (χ4n) is 0.192. The molecule has 0 fully saturated rings. The van der Waals surface area contributed by atoms with Crippen LogP contribution in [-0.2, 0) is 20.4 Å². The van der Waals surface area contributed by atoms with E-state index >= 15 is 0 Å². The number of aromatic nitrogens is 2. The smallest absolute Gasteiger partial charge is 0.00194 e. The van der Waals surface area contributed by atoms with Crippen molar-refractivity contribution in [3.63, 3.8) is 0 Å². The van der Waals surface area contributed by atoms with Crippen LogP contribution in [0, 0.1) is 0 Å². The third-order valence-electron chi connectivity index (χ3n) is 0.372. The van der Waals surface area contributed by atoms with E-state index in [1.165, 1.54) is 0 Å². The van der Waals surface area contributed by atoms with E-state index < -0.39 is 0 Å². The summed E-state index contributed by atoms with van der Waals surface area (Å²) in [5, 5.41) is 6.94. The van der Waals surface area contributed by atoms with E-state index in [1.807, 2.05) is 0 Å². The Morgan fingerprint density at radius 2 is 2.33 bits per heavy atom. The Morgan fingerprint density at radius 3 is 2.50 bits per heavy atom. The van der Waals surface area contributed by atoms with E-state index in [1.54, 1.807) is 18.5 Å². The molecule has 1 rings (SSSR count). The van der Waals surface area contributed by atoms with Crippen molar-refractivity contribution in [3.05, 3.63) is 18.5 Å². The average molecular weight is 253 g/mol. The number of rotatable bonds is 0. The van der Waals surface area contributed by atoms with Gasteiger partial charge in [-0.3, -0.25) is 0 Å². The Balaban J connectivity index is 0.000000250. The minimum Gasteiger partial charge on any atom is -0.582 e. The van der Waals surface area contributed by atoms with Gasteiger partial charge in [0.15, 0.2) is 0 Å². The molecule has 0 aliphatic heterocycles. The summed E-state index contributed by atoms with van der Waals surface area (Å²) in [6, 6.07) is 1.78. The van der Waals surface area contributed by atoms with Gasteiger partial charge in [-0.2, -0.15) is 6.20 Å². The zero-order valence-corrected chi connectivity index (χ0v) is 5.72. The average Bonchev–Trinajstić information content (AvgIpc) is 1.76. The Hall–Kier alpha value is -0.128. The molecule has 0 N–H and O–H groups in total. The van der Waals surface area contributed by atoms with Gasteiger partial charge in [0.2, 0.25) is 0 Å². The van der Waals surface area contributed by atoms with E-state index in [0.29, 0.717) is 0 Å². The van der Waals surface area contributed by atoms with Gasteiger partial charge in [0.05, 0.1) is 0 Å². The minimum absolute atomic E-state index is 0. The summed E-state index contributed by atoms with van der Waals surface area (Å²) >= 11 is 0. The molecule has 3 heteroatoms. The maximum atomic E-state index is 3.47. The third-order valence-corrected chi connectivity index (χ3v) is 0.372. The molecule has 0 atom stereocenters. The summed E-state index contributed by atoms with van der Waals surface area (Å²) in [5.74, 6) is 0. The minimum atomic E-state index is 0. The summed E-state index contributed by atoms with van der Waals surface area (Å²) in [6.45, 7) is 0. The van der Waals surface area contributed by atoms with Crippen molar-refractivity contribution in [2.24, 2.45) is 0 Å². The van der Waals surface area contributed by atoms with Crippen LogP contribution in [0.25, 0.3) is 0 Å². The van der Waals surface area contributed by atoms with Gasteiger partial charge in [0.1, 0.15) is 0 Å². The van der Waals surface area contributed by atoms with Crippen molar-refractivity contribution < 1.29 is 20.4 Å². The normalized spacial score (nSPS) is 6.67. The van der Waals surface area contributed by atoms with Gasteiger partial charge in [-0.1, -0.05) is 6.07 Å². The summed E-state index contributed by atoms with van der Waals surface area (Å²) in [7, 11) is 0. The molecule has 0 spiro atoms. The summed E-state index contributed by atoms with van der Waals surface area (Å²) in [6.07, 6.45) is 3.28. The number of nitrogens with zero attached hydrogens (tertiary/aromatic N) is 2. The molecular formula is C3H3N2Re-. The topological polar surface area (TPSA) is 27.0 Å². The van der Waals surface area contributed by atoms with Gasteiger partial charge in [0, 0.05) is 26.6 Å². The predicted octanol–water partition coefficient (Wildman–Crippen LogP) is 0.0363. The van der Waals surface area contributed by atoms with Gasteiger partial charge in [-0.05, 0) is 0 Å². The van der Waals surface area contributed by atoms with Crippen LogP contribution in [0.4, 0.5) is 0 Å². The van der Waals surface area contributed by atoms with E-state index in [2.05, 4.69) is 10.2 Å². The second-order valence-electron chi connectivity index (χ2n) is 0.722. The first-order valence-corrected chi connectivity index (χ1v) is 1.38. The third kappa shape index (κ3) is 1.35. The first kappa shape index (κ1) is 5.87. The molecule has 0 aliphatic carbocycles. The molecule has 0 aliphatic rings. The predicted molar refractivity (Wildman–Crippen MR) is 17.6 cm³/mol. The van der Waals surface area contributed by atoms with E-state index in [9.17, 15) is 0 Å². The monoisotopic (exact) mass is 254 g/mol. The summed E-state index contributed by atoms with van der Waals surface area (Å²) in [5.41, 5.74) is 0. The Bertz CT molecular complexity index is 65.3. The van der Waals surface area contributed by atoms with Crippen LogP contribution >= 0.6 is 0 Å². The SMILES string of the molecule is [Re].c1cn[n-]c1. The van der Waals surface area contributed by atoms with E-state index in [0.717, 1.165) is 0 Å². The van der Waals surface area contributed by atoms with E-state index in [-0.39, 0.29) is 20.4 Å². The van der Waals surface area contributed by atoms with Crippen LogP contribution in [-0.4, -0.2) is 5.10 Å². The maximum absolute atomic E-state index is 3.47. The van der Waals surface area contributed by atoms with Crippen LogP contribution in [0.1, 0.15) is 0 Å². The first-order chi connectivity index (χ1) is 2.50. The second-order valence-corrected chi connectivity index (χ2v) is 0.722. The molecule has 6 heavy (non-hydrogen) atoms. The molecule has 33 valence electrons. The van der Waals surface area contributed by atoms with Gasteiger partial charge in [-0.15, -0.1) is 0 Å². The van der Waals surface area contributed by atoms with Crippen molar-refractivity contribution in [2.45, 2.75) is 0 Å². The molecule has 1 heterocycles. The van der Waals surface area contributed by atoms with Gasteiger partial charge in [0.25, 0.3) is 0 Å². The molecule has 1 radical (unpaired) electrons. The number of hydrogen-bond donors (Lipinski definition) is 0. The van der Waals surface area contributed by atoms with Crippen LogP contribution in [0.3, 0.4) is 0 Å². The zero-order valence-electron chi connectivity index (χ0n) is 3.00. The first-order valence-electron chi connectivity index (χ1n) is 1.38. The van der Waals surface area contributed by atoms with Crippen LogP contribution in [0.5, 0.6) is 0 Å². The Labute approximate surface area is 49.6 Å². The van der Waals surface area contributed by atoms with Gasteiger partial charge >= 0.3 is 0 Å². The largest absolute Gasteiger partial charge is 0.582 e. The quantitative estimate of drug-likeness (QED) is 0.652. The van der Waals surface area contributed by atoms with Crippen molar-refractivity contribution in [1.82, 2.24) is 10.2 Å². The second kappa shape index (κ2) is 3.08. The molecule has 0 saturated heterocycles. The zero-order chi connectivity index (χ0) is 3.54. The van der Waals surface area contributed by atoms with Crippen molar-refractivity contribution in [1.29, 1.82) is 0 Å². The standard InChI is InChI=1S/C3H3N2.Re/c1-2-4-5-3-1;/h1-3H;/q-1;. The number of hydrogen-bond acceptors (Lipinski definition) is 1. The maximum Gasteiger partial charge on any atom is 0.00194 e. The molecular weight excluding hydrogens is 250 g/mol. The molecule has 1 aromatic rings. The van der Waals surface area contributed by atoms with Crippen LogP contribution < -0.4 is 5.10 Å². The molecule has 0 aromatic carbocycles. The van der Waals surface area contributed by atoms with Crippen LogP contribution in [0.15, 0.2) is 18.5 Å². The van der Waals surface area contributed by atoms with Crippen molar-refractivity contribution >= 4 is 0 Å².